The Morgan fingerprint density at radius 2 is 1.15 bits per heavy atom. The van der Waals surface area contributed by atoms with Crippen molar-refractivity contribution in [2.75, 3.05) is 0 Å². The van der Waals surface area contributed by atoms with Gasteiger partial charge < -0.3 is 5.11 Å². The van der Waals surface area contributed by atoms with E-state index in [0.29, 0.717) is 6.42 Å². The first kappa shape index (κ1) is 19.3. The Morgan fingerprint density at radius 1 is 0.778 bits per heavy atom. The first-order chi connectivity index (χ1) is 13.2. The number of rotatable bonds is 8. The monoisotopic (exact) mass is 381 g/mol. The number of aliphatic carboxylic acids is 1. The number of carbonyl (C=O) groups is 1. The first-order valence-electron chi connectivity index (χ1n) is 9.07. The van der Waals surface area contributed by atoms with Gasteiger partial charge in [-0.2, -0.15) is 0 Å². The van der Waals surface area contributed by atoms with E-state index < -0.39 is 19.1 Å². The summed E-state index contributed by atoms with van der Waals surface area (Å²) in [7, 11) is -2.56. The molecule has 0 aliphatic heterocycles. The molecule has 3 aromatic rings. The lowest BCUT2D eigenvalue weighted by atomic mass is 10.2. The maximum atomic E-state index is 16.1. The SMILES string of the molecule is O=C(O)CCCC(F)[P+](c1ccccc1)(c1ccccc1)c1ccccc1. The maximum Gasteiger partial charge on any atom is 0.303 e. The van der Waals surface area contributed by atoms with Crippen LogP contribution in [0.1, 0.15) is 19.3 Å². The smallest absolute Gasteiger partial charge is 0.303 e. The minimum Gasteiger partial charge on any atom is -0.481 e. The van der Waals surface area contributed by atoms with Crippen molar-refractivity contribution in [2.24, 2.45) is 0 Å². The number of hydrogen-bond acceptors (Lipinski definition) is 1. The van der Waals surface area contributed by atoms with Crippen molar-refractivity contribution in [3.05, 3.63) is 91.0 Å². The normalized spacial score (nSPS) is 12.5. The molecule has 0 bridgehead atoms. The standard InChI is InChI=1S/C23H22FO2P/c24-22(17-10-18-23(25)26)27(19-11-4-1-5-12-19,20-13-6-2-7-14-20)21-15-8-3-9-16-21/h1-9,11-16,22H,10,17-18H2/p+1. The molecular weight excluding hydrogens is 358 g/mol. The van der Waals surface area contributed by atoms with E-state index >= 15 is 4.39 Å². The molecule has 0 fully saturated rings. The van der Waals surface area contributed by atoms with Gasteiger partial charge in [0, 0.05) is 12.8 Å². The van der Waals surface area contributed by atoms with Gasteiger partial charge in [0.25, 0.3) is 0 Å². The van der Waals surface area contributed by atoms with Gasteiger partial charge in [0.2, 0.25) is 5.91 Å². The van der Waals surface area contributed by atoms with Crippen molar-refractivity contribution in [3.8, 4) is 0 Å². The summed E-state index contributed by atoms with van der Waals surface area (Å²) in [5.74, 6) is -2.03. The van der Waals surface area contributed by atoms with Gasteiger partial charge in [-0.3, -0.25) is 4.79 Å². The highest BCUT2D eigenvalue weighted by Gasteiger charge is 2.52. The van der Waals surface area contributed by atoms with Crippen LogP contribution >= 0.6 is 7.26 Å². The minimum absolute atomic E-state index is 0.0151. The fourth-order valence-electron chi connectivity index (χ4n) is 3.54. The Hall–Kier alpha value is -2.51. The highest BCUT2D eigenvalue weighted by atomic mass is 31.2. The van der Waals surface area contributed by atoms with Gasteiger partial charge in [-0.25, -0.2) is 4.39 Å². The molecule has 0 aromatic heterocycles. The van der Waals surface area contributed by atoms with Crippen LogP contribution in [0.25, 0.3) is 0 Å². The second-order valence-corrected chi connectivity index (χ2v) is 10.0. The van der Waals surface area contributed by atoms with Crippen molar-refractivity contribution in [1.29, 1.82) is 0 Å². The van der Waals surface area contributed by atoms with Gasteiger partial charge in [-0.05, 0) is 42.8 Å². The molecule has 0 spiro atoms. The van der Waals surface area contributed by atoms with Gasteiger partial charge in [0.1, 0.15) is 23.2 Å². The number of carboxylic acids is 1. The van der Waals surface area contributed by atoms with Crippen LogP contribution in [0.5, 0.6) is 0 Å². The molecule has 2 nitrogen and oxygen atoms in total. The van der Waals surface area contributed by atoms with Crippen LogP contribution < -0.4 is 15.9 Å². The molecule has 27 heavy (non-hydrogen) atoms. The fourth-order valence-corrected chi connectivity index (χ4v) is 7.90. The average molecular weight is 381 g/mol. The summed E-state index contributed by atoms with van der Waals surface area (Å²) in [4.78, 5) is 10.9. The summed E-state index contributed by atoms with van der Waals surface area (Å²) in [5.41, 5.74) is 0. The van der Waals surface area contributed by atoms with Gasteiger partial charge in [0.05, 0.1) is 0 Å². The lowest BCUT2D eigenvalue weighted by molar-refractivity contribution is -0.137. The third-order valence-electron chi connectivity index (χ3n) is 4.74. The Morgan fingerprint density at radius 3 is 1.48 bits per heavy atom. The lowest BCUT2D eigenvalue weighted by Gasteiger charge is -2.30. The summed E-state index contributed by atoms with van der Waals surface area (Å²) >= 11 is 0. The van der Waals surface area contributed by atoms with Crippen LogP contribution in [0.3, 0.4) is 0 Å². The summed E-state index contributed by atoms with van der Waals surface area (Å²) in [6.07, 6.45) is 0.530. The van der Waals surface area contributed by atoms with Crippen LogP contribution in [0.2, 0.25) is 0 Å². The van der Waals surface area contributed by atoms with Crippen molar-refractivity contribution in [2.45, 2.75) is 25.2 Å². The zero-order valence-corrected chi connectivity index (χ0v) is 15.9. The van der Waals surface area contributed by atoms with E-state index in [1.165, 1.54) is 0 Å². The predicted octanol–water partition coefficient (Wildman–Crippen LogP) is 4.53. The Labute approximate surface area is 160 Å². The molecule has 0 aliphatic carbocycles. The quantitative estimate of drug-likeness (QED) is 0.582. The van der Waals surface area contributed by atoms with E-state index in [-0.39, 0.29) is 12.8 Å². The Balaban J connectivity index is 2.18. The lowest BCUT2D eigenvalue weighted by Crippen LogP contribution is -2.37. The van der Waals surface area contributed by atoms with Crippen LogP contribution in [-0.2, 0) is 4.79 Å². The molecule has 4 heteroatoms. The highest BCUT2D eigenvalue weighted by molar-refractivity contribution is 7.96. The molecule has 0 aliphatic rings. The first-order valence-corrected chi connectivity index (χ1v) is 10.9. The fraction of sp³-hybridized carbons (Fsp3) is 0.174. The zero-order valence-electron chi connectivity index (χ0n) is 15.0. The van der Waals surface area contributed by atoms with Crippen LogP contribution in [0, 0.1) is 0 Å². The third kappa shape index (κ3) is 4.09. The molecule has 0 saturated carbocycles. The minimum atomic E-state index is -2.56. The molecule has 1 N–H and O–H groups in total. The van der Waals surface area contributed by atoms with E-state index in [2.05, 4.69) is 0 Å². The van der Waals surface area contributed by atoms with Crippen LogP contribution in [0.15, 0.2) is 91.0 Å². The van der Waals surface area contributed by atoms with E-state index in [1.54, 1.807) is 0 Å². The van der Waals surface area contributed by atoms with E-state index in [1.807, 2.05) is 91.0 Å². The molecule has 0 heterocycles. The molecule has 3 rings (SSSR count). The number of carboxylic acid groups (broad SMARTS) is 1. The topological polar surface area (TPSA) is 37.3 Å². The number of benzene rings is 3. The highest BCUT2D eigenvalue weighted by Crippen LogP contribution is 2.61. The molecule has 0 radical (unpaired) electrons. The van der Waals surface area contributed by atoms with Gasteiger partial charge in [-0.15, -0.1) is 0 Å². The second-order valence-electron chi connectivity index (χ2n) is 6.45. The summed E-state index contributed by atoms with van der Waals surface area (Å²) in [5, 5.41) is 11.9. The number of alkyl halides is 1. The zero-order chi connectivity index (χ0) is 19.1. The largest absolute Gasteiger partial charge is 0.481 e. The maximum absolute atomic E-state index is 16.1. The second kappa shape index (κ2) is 8.92. The average Bonchev–Trinajstić information content (AvgIpc) is 2.71. The predicted molar refractivity (Wildman–Crippen MR) is 112 cm³/mol. The van der Waals surface area contributed by atoms with Crippen LogP contribution in [0.4, 0.5) is 4.39 Å². The van der Waals surface area contributed by atoms with Gasteiger partial charge in [0.15, 0.2) is 0 Å². The number of hydrogen-bond donors (Lipinski definition) is 1. The molecule has 1 atom stereocenters. The molecule has 0 saturated heterocycles. The molecule has 3 aromatic carbocycles. The Kier molecular flexibility index (Phi) is 6.36. The van der Waals surface area contributed by atoms with E-state index in [9.17, 15) is 4.79 Å². The van der Waals surface area contributed by atoms with Crippen molar-refractivity contribution < 1.29 is 14.3 Å². The van der Waals surface area contributed by atoms with E-state index in [0.717, 1.165) is 15.9 Å². The van der Waals surface area contributed by atoms with E-state index in [4.69, 9.17) is 5.11 Å². The van der Waals surface area contributed by atoms with Crippen molar-refractivity contribution >= 4 is 29.1 Å². The molecule has 0 amide bonds. The Bertz CT molecular complexity index is 757. The molecule has 138 valence electrons. The van der Waals surface area contributed by atoms with Gasteiger partial charge >= 0.3 is 5.97 Å². The summed E-state index contributed by atoms with van der Waals surface area (Å²) in [6, 6.07) is 29.5. The summed E-state index contributed by atoms with van der Waals surface area (Å²) in [6.45, 7) is 0. The number of halogens is 1. The molecular formula is C23H23FO2P+. The van der Waals surface area contributed by atoms with Crippen LogP contribution in [-0.4, -0.2) is 17.0 Å². The van der Waals surface area contributed by atoms with Crippen molar-refractivity contribution in [1.82, 2.24) is 0 Å². The molecule has 1 unspecified atom stereocenters. The third-order valence-corrected chi connectivity index (χ3v) is 9.18. The summed E-state index contributed by atoms with van der Waals surface area (Å²) < 4.78 is 16.1. The van der Waals surface area contributed by atoms with Gasteiger partial charge in [-0.1, -0.05) is 54.6 Å². The van der Waals surface area contributed by atoms with Crippen molar-refractivity contribution in [3.63, 3.8) is 0 Å².